The molecule has 1 aliphatic heterocycles. The van der Waals surface area contributed by atoms with Gasteiger partial charge in [-0.2, -0.15) is 5.10 Å². The van der Waals surface area contributed by atoms with Gasteiger partial charge in [-0.3, -0.25) is 9.79 Å². The summed E-state index contributed by atoms with van der Waals surface area (Å²) in [5.41, 5.74) is 5.24. The molecule has 0 saturated carbocycles. The molecule has 28 heavy (non-hydrogen) atoms. The molecule has 140 valence electrons. The Kier molecular flexibility index (Phi) is 4.79. The summed E-state index contributed by atoms with van der Waals surface area (Å²) in [7, 11) is 1.77. The lowest BCUT2D eigenvalue weighted by atomic mass is 10.1. The minimum absolute atomic E-state index is 0.121. The maximum absolute atomic E-state index is 12.8. The maximum atomic E-state index is 12.8. The van der Waals surface area contributed by atoms with Gasteiger partial charge in [0.05, 0.1) is 17.9 Å². The zero-order valence-corrected chi connectivity index (χ0v) is 16.6. The van der Waals surface area contributed by atoms with Gasteiger partial charge in [-0.15, -0.1) is 17.9 Å². The summed E-state index contributed by atoms with van der Waals surface area (Å²) < 4.78 is 1.77. The van der Waals surface area contributed by atoms with Crippen molar-refractivity contribution in [1.82, 2.24) is 4.68 Å². The van der Waals surface area contributed by atoms with Crippen LogP contribution in [0.15, 0.2) is 76.7 Å². The summed E-state index contributed by atoms with van der Waals surface area (Å²) in [5, 5.41) is 6.79. The molecular weight excluding hydrogens is 368 g/mol. The van der Waals surface area contributed by atoms with E-state index in [4.69, 9.17) is 5.10 Å². The van der Waals surface area contributed by atoms with E-state index in [1.165, 1.54) is 16.9 Å². The predicted molar refractivity (Wildman–Crippen MR) is 115 cm³/mol. The Bertz CT molecular complexity index is 1150. The number of aromatic nitrogens is 1. The van der Waals surface area contributed by atoms with Crippen LogP contribution in [0.5, 0.6) is 0 Å². The average Bonchev–Trinajstić information content (AvgIpc) is 3.22. The summed E-state index contributed by atoms with van der Waals surface area (Å²) in [6.07, 6.45) is 1.74. The van der Waals surface area contributed by atoms with Crippen molar-refractivity contribution in [1.29, 1.82) is 0 Å². The molecule has 0 aliphatic carbocycles. The van der Waals surface area contributed by atoms with Gasteiger partial charge >= 0.3 is 0 Å². The first-order valence-electron chi connectivity index (χ1n) is 8.95. The summed E-state index contributed by atoms with van der Waals surface area (Å²) in [6.45, 7) is 6.29. The highest BCUT2D eigenvalue weighted by molar-refractivity contribution is 7.07. The van der Waals surface area contributed by atoms with Crippen molar-refractivity contribution in [3.05, 3.63) is 82.5 Å². The van der Waals surface area contributed by atoms with Gasteiger partial charge in [0.1, 0.15) is 0 Å². The fraction of sp³-hybridized carbons (Fsp3) is 0.136. The lowest BCUT2D eigenvalue weighted by Crippen LogP contribution is -2.27. The molecule has 0 spiro atoms. The van der Waals surface area contributed by atoms with E-state index in [2.05, 4.69) is 42.8 Å². The lowest BCUT2D eigenvalue weighted by molar-refractivity contribution is -0.112. The number of amides is 1. The second-order valence-corrected chi connectivity index (χ2v) is 7.38. The number of fused-ring (bicyclic) bond motifs is 1. The van der Waals surface area contributed by atoms with Crippen molar-refractivity contribution in [2.24, 2.45) is 10.1 Å². The van der Waals surface area contributed by atoms with Crippen molar-refractivity contribution in [2.45, 2.75) is 6.92 Å². The normalized spacial score (nSPS) is 15.4. The van der Waals surface area contributed by atoms with Crippen LogP contribution in [-0.2, 0) is 4.79 Å². The Morgan fingerprint density at radius 1 is 1.14 bits per heavy atom. The van der Waals surface area contributed by atoms with E-state index in [0.717, 1.165) is 27.3 Å². The van der Waals surface area contributed by atoms with E-state index in [-0.39, 0.29) is 5.91 Å². The smallest absolute Gasteiger partial charge is 0.279 e. The van der Waals surface area contributed by atoms with E-state index in [0.29, 0.717) is 12.3 Å². The molecule has 0 atom stereocenters. The highest BCUT2D eigenvalue weighted by atomic mass is 32.1. The SMILES string of the molecule is C=CCN=c1scc(-c2ccc(C)cc2)n1N=C1C(=O)N(C)c2ccccc21. The molecule has 1 aromatic heterocycles. The fourth-order valence-corrected chi connectivity index (χ4v) is 3.96. The second kappa shape index (κ2) is 7.40. The van der Waals surface area contributed by atoms with Crippen LogP contribution in [0.3, 0.4) is 0 Å². The molecule has 2 aromatic carbocycles. The Morgan fingerprint density at radius 3 is 2.64 bits per heavy atom. The van der Waals surface area contributed by atoms with Crippen LogP contribution in [0.4, 0.5) is 5.69 Å². The predicted octanol–water partition coefficient (Wildman–Crippen LogP) is 3.84. The molecule has 1 aliphatic rings. The summed E-state index contributed by atoms with van der Waals surface area (Å²) >= 11 is 1.50. The average molecular weight is 388 g/mol. The first-order chi connectivity index (χ1) is 13.6. The Hall–Kier alpha value is -3.25. The van der Waals surface area contributed by atoms with Crippen molar-refractivity contribution in [3.63, 3.8) is 0 Å². The van der Waals surface area contributed by atoms with Gasteiger partial charge in [0.2, 0.25) is 4.80 Å². The van der Waals surface area contributed by atoms with Gasteiger partial charge in [0, 0.05) is 23.6 Å². The molecule has 0 saturated heterocycles. The number of hydrogen-bond acceptors (Lipinski definition) is 4. The monoisotopic (exact) mass is 388 g/mol. The first kappa shape index (κ1) is 18.1. The van der Waals surface area contributed by atoms with Crippen LogP contribution in [0.25, 0.3) is 11.3 Å². The van der Waals surface area contributed by atoms with Crippen LogP contribution in [0.1, 0.15) is 11.1 Å². The third-order valence-corrected chi connectivity index (χ3v) is 5.47. The quantitative estimate of drug-likeness (QED) is 0.627. The number of benzene rings is 2. The van der Waals surface area contributed by atoms with Crippen LogP contribution in [0, 0.1) is 6.92 Å². The number of aryl methyl sites for hydroxylation is 1. The van der Waals surface area contributed by atoms with E-state index in [1.807, 2.05) is 29.6 Å². The number of thiazole rings is 1. The van der Waals surface area contributed by atoms with Gasteiger partial charge in [0.25, 0.3) is 5.91 Å². The molecule has 5 nitrogen and oxygen atoms in total. The summed E-state index contributed by atoms with van der Waals surface area (Å²) in [5.74, 6) is -0.121. The van der Waals surface area contributed by atoms with E-state index < -0.39 is 0 Å². The lowest BCUT2D eigenvalue weighted by Gasteiger charge is -2.08. The number of rotatable bonds is 4. The molecule has 0 unspecified atom stereocenters. The maximum Gasteiger partial charge on any atom is 0.279 e. The zero-order chi connectivity index (χ0) is 19.7. The highest BCUT2D eigenvalue weighted by Crippen LogP contribution is 2.28. The topological polar surface area (TPSA) is 50.0 Å². The molecule has 2 heterocycles. The van der Waals surface area contributed by atoms with E-state index in [9.17, 15) is 4.79 Å². The minimum atomic E-state index is -0.121. The Morgan fingerprint density at radius 2 is 1.89 bits per heavy atom. The third-order valence-electron chi connectivity index (χ3n) is 4.62. The number of nitrogens with zero attached hydrogens (tertiary/aromatic N) is 4. The number of anilines is 1. The van der Waals surface area contributed by atoms with Gasteiger partial charge in [-0.25, -0.2) is 4.68 Å². The molecule has 0 fully saturated rings. The molecular formula is C22H20N4OS. The molecule has 6 heteroatoms. The van der Waals surface area contributed by atoms with Crippen molar-refractivity contribution in [3.8, 4) is 11.3 Å². The Balaban J connectivity index is 1.93. The number of para-hydroxylation sites is 1. The largest absolute Gasteiger partial charge is 0.309 e. The van der Waals surface area contributed by atoms with Crippen LogP contribution in [0.2, 0.25) is 0 Å². The highest BCUT2D eigenvalue weighted by Gasteiger charge is 2.31. The first-order valence-corrected chi connectivity index (χ1v) is 9.83. The van der Waals surface area contributed by atoms with Crippen LogP contribution < -0.4 is 9.70 Å². The molecule has 0 radical (unpaired) electrons. The molecule has 0 bridgehead atoms. The van der Waals surface area contributed by atoms with Gasteiger partial charge in [0.15, 0.2) is 5.71 Å². The third kappa shape index (κ3) is 3.12. The van der Waals surface area contributed by atoms with Crippen molar-refractivity contribution >= 4 is 28.6 Å². The molecule has 3 aromatic rings. The van der Waals surface area contributed by atoms with Crippen molar-refractivity contribution < 1.29 is 4.79 Å². The van der Waals surface area contributed by atoms with E-state index in [1.54, 1.807) is 22.7 Å². The molecule has 4 rings (SSSR count). The summed E-state index contributed by atoms with van der Waals surface area (Å²) in [6, 6.07) is 15.9. The zero-order valence-electron chi connectivity index (χ0n) is 15.8. The van der Waals surface area contributed by atoms with Gasteiger partial charge in [-0.1, -0.05) is 54.1 Å². The van der Waals surface area contributed by atoms with Crippen molar-refractivity contribution in [2.75, 3.05) is 18.5 Å². The fourth-order valence-electron chi connectivity index (χ4n) is 3.12. The van der Waals surface area contributed by atoms with Gasteiger partial charge in [-0.05, 0) is 13.0 Å². The summed E-state index contributed by atoms with van der Waals surface area (Å²) in [4.78, 5) is 19.8. The number of carbonyl (C=O) groups is 1. The Labute approximate surface area is 167 Å². The van der Waals surface area contributed by atoms with E-state index >= 15 is 0 Å². The number of likely N-dealkylation sites (N-methyl/N-ethyl adjacent to an activating group) is 1. The minimum Gasteiger partial charge on any atom is -0.309 e. The van der Waals surface area contributed by atoms with Crippen LogP contribution >= 0.6 is 11.3 Å². The molecule has 1 amide bonds. The number of hydrogen-bond donors (Lipinski definition) is 0. The molecule has 0 N–H and O–H groups in total. The number of carbonyl (C=O) groups excluding carboxylic acids is 1. The van der Waals surface area contributed by atoms with Crippen LogP contribution in [-0.4, -0.2) is 29.9 Å². The standard InChI is InChI=1S/C22H20N4OS/c1-4-13-23-22-26(19(14-28-22)16-11-9-15(2)10-12-16)24-20-17-7-5-6-8-18(17)25(3)21(20)27/h4-12,14H,1,13H2,2-3H3. The van der Waals surface area contributed by atoms with Gasteiger partial charge < -0.3 is 4.90 Å². The second-order valence-electron chi connectivity index (χ2n) is 6.54.